The summed E-state index contributed by atoms with van der Waals surface area (Å²) in [6.07, 6.45) is 2.87. The van der Waals surface area contributed by atoms with Crippen molar-refractivity contribution in [2.24, 2.45) is 0 Å². The summed E-state index contributed by atoms with van der Waals surface area (Å²) >= 11 is 0. The van der Waals surface area contributed by atoms with Crippen molar-refractivity contribution < 1.29 is 24.2 Å². The number of ether oxygens (including phenoxy) is 1. The van der Waals surface area contributed by atoms with Crippen LogP contribution in [0.5, 0.6) is 0 Å². The van der Waals surface area contributed by atoms with Crippen LogP contribution in [-0.2, 0) is 9.53 Å². The molecule has 2 amide bonds. The Kier molecular flexibility index (Phi) is 8.61. The number of hydrogen-bond donors (Lipinski definition) is 3. The Morgan fingerprint density at radius 3 is 2.31 bits per heavy atom. The molecule has 2 aromatic rings. The Bertz CT molecular complexity index is 1030. The number of allylic oxidation sites excluding steroid dienone is 1. The molecule has 0 aliphatic carbocycles. The zero-order valence-electron chi connectivity index (χ0n) is 18.2. The van der Waals surface area contributed by atoms with Crippen LogP contribution < -0.4 is 10.6 Å². The molecule has 0 aliphatic heterocycles. The lowest BCUT2D eigenvalue weighted by atomic mass is 10.1. The van der Waals surface area contributed by atoms with Crippen molar-refractivity contribution in [3.63, 3.8) is 0 Å². The maximum absolute atomic E-state index is 12.4. The van der Waals surface area contributed by atoms with E-state index in [-0.39, 0.29) is 12.1 Å². The van der Waals surface area contributed by atoms with Crippen molar-refractivity contribution in [3.05, 3.63) is 77.4 Å². The molecule has 2 aromatic carbocycles. The Morgan fingerprint density at radius 1 is 1.06 bits per heavy atom. The number of carbonyl (C=O) groups is 3. The topological polar surface area (TPSA) is 105 Å². The van der Waals surface area contributed by atoms with Crippen molar-refractivity contribution in [3.8, 4) is 11.8 Å². The number of rotatable bonds is 6. The normalized spacial score (nSPS) is 11.7. The largest absolute Gasteiger partial charge is 0.480 e. The number of hydrogen-bond acceptors (Lipinski definition) is 4. The first-order chi connectivity index (χ1) is 15.1. The van der Waals surface area contributed by atoms with E-state index in [0.29, 0.717) is 5.56 Å². The summed E-state index contributed by atoms with van der Waals surface area (Å²) in [6, 6.07) is 14.9. The zero-order valence-corrected chi connectivity index (χ0v) is 18.2. The molecule has 7 nitrogen and oxygen atoms in total. The molecule has 1 atom stereocenters. The van der Waals surface area contributed by atoms with Crippen LogP contribution in [0.15, 0.2) is 60.7 Å². The van der Waals surface area contributed by atoms with Crippen molar-refractivity contribution in [1.29, 1.82) is 0 Å². The highest BCUT2D eigenvalue weighted by Gasteiger charge is 2.23. The molecule has 166 valence electrons. The minimum absolute atomic E-state index is 0.277. The first kappa shape index (κ1) is 24.2. The SMILES string of the molecule is CC(C)(C)OC(=O)NC[C@H](NC(=O)c1ccc(C#C/C=C/c2ccccc2)cc1)C(=O)O. The highest BCUT2D eigenvalue weighted by Crippen LogP contribution is 2.07. The third-order valence-corrected chi connectivity index (χ3v) is 3.98. The molecule has 32 heavy (non-hydrogen) atoms. The maximum Gasteiger partial charge on any atom is 0.407 e. The Morgan fingerprint density at radius 2 is 1.72 bits per heavy atom. The van der Waals surface area contributed by atoms with Crippen LogP contribution in [0.1, 0.15) is 42.3 Å². The van der Waals surface area contributed by atoms with Crippen LogP contribution in [0.3, 0.4) is 0 Å². The van der Waals surface area contributed by atoms with Gasteiger partial charge in [0, 0.05) is 11.1 Å². The van der Waals surface area contributed by atoms with Crippen LogP contribution in [-0.4, -0.2) is 41.3 Å². The number of alkyl carbamates (subject to hydrolysis) is 1. The summed E-state index contributed by atoms with van der Waals surface area (Å²) in [7, 11) is 0. The lowest BCUT2D eigenvalue weighted by Crippen LogP contribution is -2.49. The highest BCUT2D eigenvalue weighted by molar-refractivity contribution is 5.96. The van der Waals surface area contributed by atoms with Gasteiger partial charge in [-0.3, -0.25) is 4.79 Å². The fraction of sp³-hybridized carbons (Fsp3) is 0.240. The standard InChI is InChI=1S/C25H26N2O5/c1-25(2,3)32-24(31)26-17-21(23(29)30)27-22(28)20-15-13-19(14-16-20)12-8-7-11-18-9-5-4-6-10-18/h4-7,9-11,13-16,21H,17H2,1-3H3,(H,26,31)(H,27,28)(H,29,30)/b11-7+/t21-/m0/s1. The fourth-order valence-electron chi connectivity index (χ4n) is 2.47. The van der Waals surface area contributed by atoms with E-state index in [1.54, 1.807) is 51.1 Å². The first-order valence-electron chi connectivity index (χ1n) is 9.98. The molecule has 0 unspecified atom stereocenters. The molecule has 3 N–H and O–H groups in total. The minimum Gasteiger partial charge on any atom is -0.480 e. The van der Waals surface area contributed by atoms with Crippen molar-refractivity contribution in [2.45, 2.75) is 32.4 Å². The molecule has 0 saturated carbocycles. The van der Waals surface area contributed by atoms with E-state index in [4.69, 9.17) is 4.74 Å². The van der Waals surface area contributed by atoms with Gasteiger partial charge in [-0.2, -0.15) is 0 Å². The van der Waals surface area contributed by atoms with Crippen LogP contribution >= 0.6 is 0 Å². The molecule has 0 heterocycles. The predicted molar refractivity (Wildman–Crippen MR) is 122 cm³/mol. The average Bonchev–Trinajstić information content (AvgIpc) is 2.73. The fourth-order valence-corrected chi connectivity index (χ4v) is 2.47. The molecule has 0 aliphatic rings. The lowest BCUT2D eigenvalue weighted by molar-refractivity contribution is -0.139. The molecule has 0 fully saturated rings. The summed E-state index contributed by atoms with van der Waals surface area (Å²) in [5.74, 6) is 4.04. The summed E-state index contributed by atoms with van der Waals surface area (Å²) < 4.78 is 5.06. The molecule has 0 bridgehead atoms. The van der Waals surface area contributed by atoms with E-state index in [0.717, 1.165) is 5.56 Å². The number of carbonyl (C=O) groups excluding carboxylic acids is 2. The van der Waals surface area contributed by atoms with Crippen molar-refractivity contribution >= 4 is 24.0 Å². The number of benzene rings is 2. The molecule has 0 radical (unpaired) electrons. The highest BCUT2D eigenvalue weighted by atomic mass is 16.6. The van der Waals surface area contributed by atoms with E-state index in [1.165, 1.54) is 0 Å². The minimum atomic E-state index is -1.31. The van der Waals surface area contributed by atoms with Crippen molar-refractivity contribution in [1.82, 2.24) is 10.6 Å². The van der Waals surface area contributed by atoms with E-state index >= 15 is 0 Å². The Labute approximate surface area is 187 Å². The molecule has 2 rings (SSSR count). The van der Waals surface area contributed by atoms with E-state index < -0.39 is 29.6 Å². The van der Waals surface area contributed by atoms with E-state index in [1.807, 2.05) is 36.4 Å². The van der Waals surface area contributed by atoms with E-state index in [2.05, 4.69) is 22.5 Å². The van der Waals surface area contributed by atoms with Gasteiger partial charge >= 0.3 is 12.1 Å². The van der Waals surface area contributed by atoms with Crippen LogP contribution in [0.4, 0.5) is 4.79 Å². The van der Waals surface area contributed by atoms with Gasteiger partial charge in [-0.05, 0) is 62.8 Å². The quantitative estimate of drug-likeness (QED) is 0.604. The molecule has 7 heteroatoms. The summed E-state index contributed by atoms with van der Waals surface area (Å²) in [5.41, 5.74) is 1.32. The van der Waals surface area contributed by atoms with Gasteiger partial charge in [0.1, 0.15) is 11.6 Å². The molecule has 0 saturated heterocycles. The average molecular weight is 434 g/mol. The number of amides is 2. The maximum atomic E-state index is 12.4. The van der Waals surface area contributed by atoms with Gasteiger partial charge < -0.3 is 20.5 Å². The smallest absolute Gasteiger partial charge is 0.407 e. The second-order valence-electron chi connectivity index (χ2n) is 7.84. The molecular weight excluding hydrogens is 408 g/mol. The molecule has 0 aromatic heterocycles. The van der Waals surface area contributed by atoms with E-state index in [9.17, 15) is 19.5 Å². The van der Waals surface area contributed by atoms with Gasteiger partial charge in [0.15, 0.2) is 0 Å². The summed E-state index contributed by atoms with van der Waals surface area (Å²) in [4.78, 5) is 35.5. The zero-order chi connectivity index (χ0) is 23.6. The second-order valence-corrected chi connectivity index (χ2v) is 7.84. The summed E-state index contributed by atoms with van der Waals surface area (Å²) in [6.45, 7) is 4.76. The number of carboxylic acids is 1. The lowest BCUT2D eigenvalue weighted by Gasteiger charge is -2.21. The third kappa shape index (κ3) is 8.76. The summed E-state index contributed by atoms with van der Waals surface area (Å²) in [5, 5.41) is 14.1. The predicted octanol–water partition coefficient (Wildman–Crippen LogP) is 3.46. The molecule has 0 spiro atoms. The van der Waals surface area contributed by atoms with Crippen LogP contribution in [0, 0.1) is 11.8 Å². The van der Waals surface area contributed by atoms with Gasteiger partial charge in [-0.25, -0.2) is 9.59 Å². The Hall–Kier alpha value is -4.05. The second kappa shape index (κ2) is 11.4. The first-order valence-corrected chi connectivity index (χ1v) is 9.98. The number of aliphatic carboxylic acids is 1. The molecular formula is C25H26N2O5. The number of nitrogens with one attached hydrogen (secondary N) is 2. The van der Waals surface area contributed by atoms with Gasteiger partial charge in [0.25, 0.3) is 5.91 Å². The van der Waals surface area contributed by atoms with Gasteiger partial charge in [-0.15, -0.1) is 0 Å². The van der Waals surface area contributed by atoms with Crippen molar-refractivity contribution in [2.75, 3.05) is 6.54 Å². The van der Waals surface area contributed by atoms with Gasteiger partial charge in [-0.1, -0.05) is 42.2 Å². The third-order valence-electron chi connectivity index (χ3n) is 3.98. The van der Waals surface area contributed by atoms with Gasteiger partial charge in [0.05, 0.1) is 6.54 Å². The van der Waals surface area contributed by atoms with Gasteiger partial charge in [0.2, 0.25) is 0 Å². The Balaban J connectivity index is 1.93. The number of carboxylic acid groups (broad SMARTS) is 1. The van der Waals surface area contributed by atoms with Crippen LogP contribution in [0.2, 0.25) is 0 Å². The van der Waals surface area contributed by atoms with Crippen LogP contribution in [0.25, 0.3) is 6.08 Å². The monoisotopic (exact) mass is 434 g/mol.